The van der Waals surface area contributed by atoms with Crippen molar-refractivity contribution in [2.75, 3.05) is 7.11 Å². The Morgan fingerprint density at radius 1 is 1.41 bits per heavy atom. The molecule has 0 radical (unpaired) electrons. The van der Waals surface area contributed by atoms with Crippen LogP contribution < -0.4 is 4.74 Å². The molecule has 2 unspecified atom stereocenters. The van der Waals surface area contributed by atoms with Gasteiger partial charge in [0, 0.05) is 11.5 Å². The van der Waals surface area contributed by atoms with E-state index in [1.165, 1.54) is 0 Å². The number of ether oxygens (including phenoxy) is 1. The summed E-state index contributed by atoms with van der Waals surface area (Å²) in [5.41, 5.74) is 0.713. The van der Waals surface area contributed by atoms with Crippen LogP contribution in [0, 0.1) is 11.8 Å². The number of hydrogen-bond donors (Lipinski definition) is 0. The summed E-state index contributed by atoms with van der Waals surface area (Å²) in [5.74, 6) is 1.46. The Morgan fingerprint density at radius 3 is 2.76 bits per heavy atom. The quantitative estimate of drug-likeness (QED) is 0.761. The van der Waals surface area contributed by atoms with Crippen LogP contribution >= 0.6 is 11.6 Å². The van der Waals surface area contributed by atoms with E-state index in [2.05, 4.69) is 6.92 Å². The molecule has 2 nitrogen and oxygen atoms in total. The maximum Gasteiger partial charge on any atom is 0.166 e. The van der Waals surface area contributed by atoms with Gasteiger partial charge in [0.1, 0.15) is 5.75 Å². The van der Waals surface area contributed by atoms with E-state index in [9.17, 15) is 4.79 Å². The van der Waals surface area contributed by atoms with E-state index in [-0.39, 0.29) is 11.7 Å². The molecule has 1 aliphatic carbocycles. The molecule has 1 aromatic rings. The summed E-state index contributed by atoms with van der Waals surface area (Å²) in [6.45, 7) is 2.16. The van der Waals surface area contributed by atoms with Crippen molar-refractivity contribution >= 4 is 17.4 Å². The summed E-state index contributed by atoms with van der Waals surface area (Å²) in [7, 11) is 1.56. The van der Waals surface area contributed by atoms with Crippen LogP contribution in [0.1, 0.15) is 36.5 Å². The molecule has 1 aromatic carbocycles. The minimum Gasteiger partial charge on any atom is -0.495 e. The lowest BCUT2D eigenvalue weighted by molar-refractivity contribution is 0.0897. The van der Waals surface area contributed by atoms with Crippen molar-refractivity contribution in [3.05, 3.63) is 28.8 Å². The van der Waals surface area contributed by atoms with E-state index in [0.29, 0.717) is 22.3 Å². The van der Waals surface area contributed by atoms with Gasteiger partial charge in [-0.15, -0.1) is 0 Å². The van der Waals surface area contributed by atoms with Gasteiger partial charge in [-0.25, -0.2) is 0 Å². The van der Waals surface area contributed by atoms with Crippen molar-refractivity contribution < 1.29 is 9.53 Å². The van der Waals surface area contributed by atoms with Gasteiger partial charge in [0.25, 0.3) is 0 Å². The molecule has 0 amide bonds. The predicted molar refractivity (Wildman–Crippen MR) is 68.8 cm³/mol. The molecule has 0 aromatic heterocycles. The maximum absolute atomic E-state index is 12.3. The number of carbonyl (C=O) groups is 1. The third-order valence-electron chi connectivity index (χ3n) is 3.63. The van der Waals surface area contributed by atoms with Crippen molar-refractivity contribution in [1.29, 1.82) is 0 Å². The van der Waals surface area contributed by atoms with Gasteiger partial charge < -0.3 is 4.74 Å². The van der Waals surface area contributed by atoms with Crippen LogP contribution in [0.3, 0.4) is 0 Å². The predicted octanol–water partition coefficient (Wildman–Crippen LogP) is 3.97. The second-order valence-electron chi connectivity index (χ2n) is 4.73. The summed E-state index contributed by atoms with van der Waals surface area (Å²) in [6, 6.07) is 5.27. The SMILES string of the molecule is COc1cc(C(=O)C2CCCC2C)ccc1Cl. The first kappa shape index (κ1) is 12.4. The van der Waals surface area contributed by atoms with Gasteiger partial charge in [0.05, 0.1) is 12.1 Å². The van der Waals surface area contributed by atoms with Gasteiger partial charge in [-0.2, -0.15) is 0 Å². The van der Waals surface area contributed by atoms with Crippen molar-refractivity contribution in [3.8, 4) is 5.75 Å². The highest BCUT2D eigenvalue weighted by Gasteiger charge is 2.30. The lowest BCUT2D eigenvalue weighted by Crippen LogP contribution is -2.17. The Kier molecular flexibility index (Phi) is 3.72. The topological polar surface area (TPSA) is 26.3 Å². The van der Waals surface area contributed by atoms with Crippen molar-refractivity contribution in [2.24, 2.45) is 11.8 Å². The largest absolute Gasteiger partial charge is 0.495 e. The van der Waals surface area contributed by atoms with Crippen LogP contribution in [-0.4, -0.2) is 12.9 Å². The average molecular weight is 253 g/mol. The molecule has 2 atom stereocenters. The Morgan fingerprint density at radius 2 is 2.18 bits per heavy atom. The summed E-state index contributed by atoms with van der Waals surface area (Å²) in [4.78, 5) is 12.3. The third-order valence-corrected chi connectivity index (χ3v) is 3.95. The molecule has 1 saturated carbocycles. The Bertz CT molecular complexity index is 428. The van der Waals surface area contributed by atoms with Gasteiger partial charge in [-0.05, 0) is 37.0 Å². The highest BCUT2D eigenvalue weighted by atomic mass is 35.5. The zero-order valence-corrected chi connectivity index (χ0v) is 11.0. The Hall–Kier alpha value is -1.02. The van der Waals surface area contributed by atoms with Gasteiger partial charge in [0.15, 0.2) is 5.78 Å². The Labute approximate surface area is 107 Å². The number of carbonyl (C=O) groups excluding carboxylic acids is 1. The molecule has 1 fully saturated rings. The van der Waals surface area contributed by atoms with Gasteiger partial charge in [-0.3, -0.25) is 4.79 Å². The number of hydrogen-bond acceptors (Lipinski definition) is 2. The molecule has 0 N–H and O–H groups in total. The van der Waals surface area contributed by atoms with Crippen LogP contribution in [-0.2, 0) is 0 Å². The van der Waals surface area contributed by atoms with Crippen LogP contribution in [0.2, 0.25) is 5.02 Å². The summed E-state index contributed by atoms with van der Waals surface area (Å²) >= 11 is 5.95. The maximum atomic E-state index is 12.3. The fourth-order valence-corrected chi connectivity index (χ4v) is 2.76. The van der Waals surface area contributed by atoms with Crippen LogP contribution in [0.15, 0.2) is 18.2 Å². The summed E-state index contributed by atoms with van der Waals surface area (Å²) in [5, 5.41) is 0.545. The first-order valence-corrected chi connectivity index (χ1v) is 6.39. The number of benzene rings is 1. The normalized spacial score (nSPS) is 23.7. The molecule has 0 heterocycles. The highest BCUT2D eigenvalue weighted by Crippen LogP contribution is 2.35. The van der Waals surface area contributed by atoms with Crippen LogP contribution in [0.4, 0.5) is 0 Å². The van der Waals surface area contributed by atoms with E-state index in [1.807, 2.05) is 0 Å². The molecular weight excluding hydrogens is 236 g/mol. The first-order valence-electron chi connectivity index (χ1n) is 6.01. The van der Waals surface area contributed by atoms with Crippen molar-refractivity contribution in [1.82, 2.24) is 0 Å². The molecule has 1 aliphatic rings. The number of methoxy groups -OCH3 is 1. The van der Waals surface area contributed by atoms with Gasteiger partial charge in [-0.1, -0.05) is 24.9 Å². The minimum atomic E-state index is 0.167. The van der Waals surface area contributed by atoms with E-state index in [4.69, 9.17) is 16.3 Å². The van der Waals surface area contributed by atoms with Gasteiger partial charge in [0.2, 0.25) is 0 Å². The smallest absolute Gasteiger partial charge is 0.166 e. The first-order chi connectivity index (χ1) is 8.13. The second kappa shape index (κ2) is 5.09. The molecule has 17 heavy (non-hydrogen) atoms. The van der Waals surface area contributed by atoms with Gasteiger partial charge >= 0.3 is 0 Å². The average Bonchev–Trinajstić information content (AvgIpc) is 2.75. The molecule has 92 valence electrons. The minimum absolute atomic E-state index is 0.167. The fourth-order valence-electron chi connectivity index (χ4n) is 2.56. The van der Waals surface area contributed by atoms with E-state index in [0.717, 1.165) is 19.3 Å². The lowest BCUT2D eigenvalue weighted by atomic mass is 9.89. The number of rotatable bonds is 3. The molecular formula is C14H17ClO2. The third kappa shape index (κ3) is 2.47. The number of halogens is 1. The molecule has 0 bridgehead atoms. The number of ketones is 1. The zero-order chi connectivity index (χ0) is 12.4. The molecule has 2 rings (SSSR count). The molecule has 0 aliphatic heterocycles. The van der Waals surface area contributed by atoms with Crippen molar-refractivity contribution in [3.63, 3.8) is 0 Å². The summed E-state index contributed by atoms with van der Waals surface area (Å²) in [6.07, 6.45) is 3.31. The lowest BCUT2D eigenvalue weighted by Gasteiger charge is -2.14. The Balaban J connectivity index is 2.24. The zero-order valence-electron chi connectivity index (χ0n) is 10.2. The van der Waals surface area contributed by atoms with Crippen LogP contribution in [0.25, 0.3) is 0 Å². The fraction of sp³-hybridized carbons (Fsp3) is 0.500. The van der Waals surface area contributed by atoms with E-state index in [1.54, 1.807) is 25.3 Å². The number of Topliss-reactive ketones (excluding diaryl/α,β-unsaturated/α-hetero) is 1. The monoisotopic (exact) mass is 252 g/mol. The molecule has 0 spiro atoms. The highest BCUT2D eigenvalue weighted by molar-refractivity contribution is 6.32. The summed E-state index contributed by atoms with van der Waals surface area (Å²) < 4.78 is 5.14. The molecule has 0 saturated heterocycles. The van der Waals surface area contributed by atoms with E-state index < -0.39 is 0 Å². The molecule has 3 heteroatoms. The second-order valence-corrected chi connectivity index (χ2v) is 5.14. The van der Waals surface area contributed by atoms with Crippen molar-refractivity contribution in [2.45, 2.75) is 26.2 Å². The standard InChI is InChI=1S/C14H17ClO2/c1-9-4-3-5-11(9)14(16)10-6-7-12(15)13(8-10)17-2/h6-9,11H,3-5H2,1-2H3. The van der Waals surface area contributed by atoms with E-state index >= 15 is 0 Å². The van der Waals surface area contributed by atoms with Crippen LogP contribution in [0.5, 0.6) is 5.75 Å².